The Hall–Kier alpha value is -4.05. The van der Waals surface area contributed by atoms with Gasteiger partial charge in [-0.2, -0.15) is 9.78 Å². The van der Waals surface area contributed by atoms with Crippen LogP contribution in [0.25, 0.3) is 5.69 Å². The van der Waals surface area contributed by atoms with Crippen molar-refractivity contribution in [2.24, 2.45) is 0 Å². The largest absolute Gasteiger partial charge is 0.461 e. The van der Waals surface area contributed by atoms with Crippen LogP contribution in [0, 0.1) is 10.1 Å². The van der Waals surface area contributed by atoms with Crippen LogP contribution < -0.4 is 10.9 Å². The van der Waals surface area contributed by atoms with Crippen molar-refractivity contribution < 1.29 is 19.2 Å². The molecule has 0 unspecified atom stereocenters. The van der Waals surface area contributed by atoms with Crippen LogP contribution in [0.3, 0.4) is 0 Å². The molecule has 0 aliphatic heterocycles. The summed E-state index contributed by atoms with van der Waals surface area (Å²) in [6, 6.07) is 12.8. The van der Waals surface area contributed by atoms with Gasteiger partial charge in [-0.05, 0) is 31.2 Å². The van der Waals surface area contributed by atoms with Crippen LogP contribution in [0.2, 0.25) is 5.02 Å². The molecule has 0 saturated carbocycles. The Morgan fingerprint density at radius 1 is 1.19 bits per heavy atom. The zero-order chi connectivity index (χ0) is 22.5. The third-order valence-electron chi connectivity index (χ3n) is 4.05. The highest BCUT2D eigenvalue weighted by Gasteiger charge is 2.24. The van der Waals surface area contributed by atoms with Gasteiger partial charge in [0.05, 0.1) is 22.9 Å². The molecule has 2 aromatic carbocycles. The Kier molecular flexibility index (Phi) is 6.41. The highest BCUT2D eigenvalue weighted by atomic mass is 35.5. The average Bonchev–Trinajstić information content (AvgIpc) is 2.74. The number of esters is 1. The molecule has 0 saturated heterocycles. The average molecular weight is 443 g/mol. The van der Waals surface area contributed by atoms with Crippen LogP contribution in [0.1, 0.15) is 27.8 Å². The maximum Gasteiger partial charge on any atom is 0.360 e. The van der Waals surface area contributed by atoms with E-state index in [0.29, 0.717) is 5.69 Å². The lowest BCUT2D eigenvalue weighted by Gasteiger charge is -2.12. The van der Waals surface area contributed by atoms with Gasteiger partial charge in [-0.3, -0.25) is 19.7 Å². The van der Waals surface area contributed by atoms with Gasteiger partial charge in [0.25, 0.3) is 17.2 Å². The van der Waals surface area contributed by atoms with E-state index in [2.05, 4.69) is 10.4 Å². The first-order chi connectivity index (χ1) is 14.8. The molecule has 0 atom stereocenters. The molecular weight excluding hydrogens is 428 g/mol. The third-order valence-corrected chi connectivity index (χ3v) is 4.28. The molecule has 1 N–H and O–H groups in total. The first-order valence-electron chi connectivity index (χ1n) is 8.94. The summed E-state index contributed by atoms with van der Waals surface area (Å²) in [5.41, 5.74) is -1.69. The van der Waals surface area contributed by atoms with Gasteiger partial charge in [0.1, 0.15) is 5.56 Å². The Morgan fingerprint density at radius 3 is 2.55 bits per heavy atom. The lowest BCUT2D eigenvalue weighted by atomic mass is 10.1. The number of carbonyl (C=O) groups excluding carboxylic acids is 2. The fourth-order valence-corrected chi connectivity index (χ4v) is 2.87. The fourth-order valence-electron chi connectivity index (χ4n) is 2.69. The number of nitro groups is 1. The van der Waals surface area contributed by atoms with Crippen molar-refractivity contribution in [3.8, 4) is 5.69 Å². The molecule has 1 heterocycles. The summed E-state index contributed by atoms with van der Waals surface area (Å²) in [6.45, 7) is 1.61. The van der Waals surface area contributed by atoms with Crippen LogP contribution in [-0.4, -0.2) is 33.2 Å². The van der Waals surface area contributed by atoms with Crippen molar-refractivity contribution in [3.63, 3.8) is 0 Å². The van der Waals surface area contributed by atoms with E-state index in [1.807, 2.05) is 0 Å². The van der Waals surface area contributed by atoms with E-state index in [1.54, 1.807) is 37.3 Å². The van der Waals surface area contributed by atoms with Gasteiger partial charge < -0.3 is 10.1 Å². The van der Waals surface area contributed by atoms with Gasteiger partial charge in [0, 0.05) is 17.2 Å². The first-order valence-corrected chi connectivity index (χ1v) is 9.31. The van der Waals surface area contributed by atoms with E-state index >= 15 is 0 Å². The number of benzene rings is 2. The number of para-hydroxylation sites is 1. The maximum absolute atomic E-state index is 12.7. The molecule has 1 aromatic heterocycles. The number of halogens is 1. The van der Waals surface area contributed by atoms with Gasteiger partial charge in [-0.25, -0.2) is 4.79 Å². The lowest BCUT2D eigenvalue weighted by molar-refractivity contribution is -0.385. The molecule has 11 heteroatoms. The fraction of sp³-hybridized carbons (Fsp3) is 0.100. The molecule has 0 aliphatic rings. The second-order valence-corrected chi connectivity index (χ2v) is 6.52. The Labute approximate surface area is 180 Å². The normalized spacial score (nSPS) is 10.4. The van der Waals surface area contributed by atoms with Crippen molar-refractivity contribution in [2.75, 3.05) is 11.9 Å². The molecule has 0 aliphatic carbocycles. The molecule has 1 amide bonds. The molecule has 10 nitrogen and oxygen atoms in total. The smallest absolute Gasteiger partial charge is 0.360 e. The predicted octanol–water partition coefficient (Wildman–Crippen LogP) is 3.22. The monoisotopic (exact) mass is 442 g/mol. The van der Waals surface area contributed by atoms with Gasteiger partial charge in [-0.15, -0.1) is 0 Å². The summed E-state index contributed by atoms with van der Waals surface area (Å²) in [6.07, 6.45) is 0. The Morgan fingerprint density at radius 2 is 1.90 bits per heavy atom. The van der Waals surface area contributed by atoms with Crippen molar-refractivity contribution in [1.29, 1.82) is 0 Å². The van der Waals surface area contributed by atoms with E-state index < -0.39 is 28.0 Å². The number of amides is 1. The van der Waals surface area contributed by atoms with E-state index in [-0.39, 0.29) is 28.6 Å². The number of nitrogens with one attached hydrogen (secondary N) is 1. The van der Waals surface area contributed by atoms with Crippen molar-refractivity contribution in [2.45, 2.75) is 6.92 Å². The SMILES string of the molecule is CCOC(=O)c1nn(-c2ccccc2)c(=O)cc1NC(=O)c1cc(Cl)ccc1[N+](=O)[O-]. The van der Waals surface area contributed by atoms with Crippen molar-refractivity contribution in [3.05, 3.63) is 91.3 Å². The second kappa shape index (κ2) is 9.18. The van der Waals surface area contributed by atoms with Crippen LogP contribution in [0.4, 0.5) is 11.4 Å². The minimum atomic E-state index is -0.946. The Bertz CT molecular complexity index is 1230. The minimum Gasteiger partial charge on any atom is -0.461 e. The van der Waals surface area contributed by atoms with Gasteiger partial charge in [0.2, 0.25) is 0 Å². The zero-order valence-electron chi connectivity index (χ0n) is 16.1. The topological polar surface area (TPSA) is 133 Å². The maximum atomic E-state index is 12.7. The summed E-state index contributed by atoms with van der Waals surface area (Å²) in [5, 5.41) is 17.7. The highest BCUT2D eigenvalue weighted by Crippen LogP contribution is 2.24. The number of nitrogens with zero attached hydrogens (tertiary/aromatic N) is 3. The van der Waals surface area contributed by atoms with E-state index in [1.165, 1.54) is 6.07 Å². The predicted molar refractivity (Wildman–Crippen MR) is 112 cm³/mol. The number of ether oxygens (including phenoxy) is 1. The van der Waals surface area contributed by atoms with Crippen LogP contribution in [0.5, 0.6) is 0 Å². The van der Waals surface area contributed by atoms with E-state index in [9.17, 15) is 24.5 Å². The summed E-state index contributed by atoms with van der Waals surface area (Å²) >= 11 is 5.86. The van der Waals surface area contributed by atoms with Gasteiger partial charge >= 0.3 is 5.97 Å². The van der Waals surface area contributed by atoms with Crippen LogP contribution in [0.15, 0.2) is 59.4 Å². The molecule has 31 heavy (non-hydrogen) atoms. The van der Waals surface area contributed by atoms with E-state index in [4.69, 9.17) is 16.3 Å². The van der Waals surface area contributed by atoms with Crippen LogP contribution >= 0.6 is 11.6 Å². The molecule has 0 radical (unpaired) electrons. The number of rotatable bonds is 6. The van der Waals surface area contributed by atoms with Gasteiger partial charge in [-0.1, -0.05) is 29.8 Å². The Balaban J connectivity index is 2.09. The molecule has 158 valence electrons. The number of nitro benzene ring substituents is 1. The molecule has 3 rings (SSSR count). The van der Waals surface area contributed by atoms with Crippen molar-refractivity contribution >= 4 is 34.9 Å². The van der Waals surface area contributed by atoms with E-state index in [0.717, 1.165) is 22.9 Å². The number of aromatic nitrogens is 2. The number of anilines is 1. The number of hydrogen-bond acceptors (Lipinski definition) is 7. The summed E-state index contributed by atoms with van der Waals surface area (Å²) in [4.78, 5) is 48.2. The number of hydrogen-bond donors (Lipinski definition) is 1. The zero-order valence-corrected chi connectivity index (χ0v) is 16.8. The van der Waals surface area contributed by atoms with Crippen molar-refractivity contribution in [1.82, 2.24) is 9.78 Å². The molecule has 0 bridgehead atoms. The summed E-state index contributed by atoms with van der Waals surface area (Å²) in [7, 11) is 0. The highest BCUT2D eigenvalue weighted by molar-refractivity contribution is 6.31. The molecular formula is C20H15ClN4O6. The quantitative estimate of drug-likeness (QED) is 0.352. The summed E-state index contributed by atoms with van der Waals surface area (Å²) in [5.74, 6) is -1.83. The molecule has 0 spiro atoms. The van der Waals surface area contributed by atoms with Crippen LogP contribution in [-0.2, 0) is 4.74 Å². The second-order valence-electron chi connectivity index (χ2n) is 6.09. The molecule has 3 aromatic rings. The standard InChI is InChI=1S/C20H15ClN4O6/c1-2-31-20(28)18-15(11-17(26)24(23-18)13-6-4-3-5-7-13)22-19(27)14-10-12(21)8-9-16(14)25(29)30/h3-11H,2H2,1H3,(H,22,27). The lowest BCUT2D eigenvalue weighted by Crippen LogP contribution is -2.27. The van der Waals surface area contributed by atoms with Gasteiger partial charge in [0.15, 0.2) is 5.69 Å². The third kappa shape index (κ3) is 4.75. The summed E-state index contributed by atoms with van der Waals surface area (Å²) < 4.78 is 5.95. The number of carbonyl (C=O) groups is 2. The molecule has 0 fully saturated rings. The minimum absolute atomic E-state index is 0.0259. The first kappa shape index (κ1) is 21.7.